The van der Waals surface area contributed by atoms with Crippen LogP contribution in [0.2, 0.25) is 0 Å². The molecule has 0 atom stereocenters. The third-order valence-electron chi connectivity index (χ3n) is 3.90. The molecule has 0 radical (unpaired) electrons. The number of thiophene rings is 1. The fraction of sp³-hybridized carbons (Fsp3) is 0.316. The van der Waals surface area contributed by atoms with Crippen LogP contribution in [-0.4, -0.2) is 16.0 Å². The average Bonchev–Trinajstić information content (AvgIpc) is 3.21. The number of anilines is 1. The summed E-state index contributed by atoms with van der Waals surface area (Å²) in [6.07, 6.45) is 0. The number of rotatable bonds is 4. The highest BCUT2D eigenvalue weighted by Crippen LogP contribution is 2.36. The van der Waals surface area contributed by atoms with Crippen LogP contribution >= 0.6 is 11.3 Å². The highest BCUT2D eigenvalue weighted by molar-refractivity contribution is 7.19. The molecule has 3 rings (SSSR count). The Balaban J connectivity index is 1.84. The van der Waals surface area contributed by atoms with Crippen LogP contribution in [0.3, 0.4) is 0 Å². The molecule has 2 aromatic heterocycles. The summed E-state index contributed by atoms with van der Waals surface area (Å²) in [4.78, 5) is 17.5. The van der Waals surface area contributed by atoms with Gasteiger partial charge in [0, 0.05) is 17.5 Å². The minimum absolute atomic E-state index is 0.0310. The first-order valence-corrected chi connectivity index (χ1v) is 9.15. The first-order valence-electron chi connectivity index (χ1n) is 8.33. The van der Waals surface area contributed by atoms with Crippen molar-refractivity contribution in [1.29, 1.82) is 0 Å². The van der Waals surface area contributed by atoms with Crippen molar-refractivity contribution in [3.8, 4) is 22.2 Å². The lowest BCUT2D eigenvalue weighted by Crippen LogP contribution is -2.27. The molecule has 2 heterocycles. The Bertz CT molecular complexity index is 920. The Hall–Kier alpha value is -2.51. The molecular formula is C19H22N4O2S. The van der Waals surface area contributed by atoms with E-state index in [1.54, 1.807) is 0 Å². The maximum absolute atomic E-state index is 12.2. The number of aromatic nitrogens is 2. The number of aryl methyl sites for hydroxylation is 1. The van der Waals surface area contributed by atoms with E-state index < -0.39 is 5.41 Å². The number of hydrogen-bond donors (Lipinski definition) is 2. The van der Waals surface area contributed by atoms with Crippen molar-refractivity contribution in [3.63, 3.8) is 0 Å². The molecule has 0 bridgehead atoms. The lowest BCUT2D eigenvalue weighted by atomic mass is 9.96. The summed E-state index contributed by atoms with van der Waals surface area (Å²) in [7, 11) is 0. The van der Waals surface area contributed by atoms with Crippen LogP contribution in [0.4, 0.5) is 5.00 Å². The molecule has 3 N–H and O–H groups in total. The second kappa shape index (κ2) is 7.01. The van der Waals surface area contributed by atoms with Gasteiger partial charge >= 0.3 is 0 Å². The quantitative estimate of drug-likeness (QED) is 0.717. The summed E-state index contributed by atoms with van der Waals surface area (Å²) in [5, 5.41) is 7.78. The van der Waals surface area contributed by atoms with Crippen LogP contribution < -0.4 is 11.1 Å². The van der Waals surface area contributed by atoms with Crippen molar-refractivity contribution in [2.75, 3.05) is 5.32 Å². The summed E-state index contributed by atoms with van der Waals surface area (Å²) in [6, 6.07) is 9.66. The van der Waals surface area contributed by atoms with E-state index in [1.165, 1.54) is 11.3 Å². The Morgan fingerprint density at radius 3 is 2.58 bits per heavy atom. The third kappa shape index (κ3) is 3.84. The van der Waals surface area contributed by atoms with Crippen molar-refractivity contribution in [3.05, 3.63) is 41.5 Å². The molecule has 1 aromatic carbocycles. The van der Waals surface area contributed by atoms with Gasteiger partial charge in [0.1, 0.15) is 0 Å². The van der Waals surface area contributed by atoms with Gasteiger partial charge in [0.25, 0.3) is 5.89 Å². The van der Waals surface area contributed by atoms with Crippen molar-refractivity contribution in [1.82, 2.24) is 10.1 Å². The third-order valence-corrected chi connectivity index (χ3v) is 5.04. The summed E-state index contributed by atoms with van der Waals surface area (Å²) in [6.45, 7) is 8.09. The van der Waals surface area contributed by atoms with Gasteiger partial charge in [0.05, 0.1) is 9.88 Å². The van der Waals surface area contributed by atoms with Gasteiger partial charge in [0.15, 0.2) is 0 Å². The van der Waals surface area contributed by atoms with Crippen LogP contribution in [0.5, 0.6) is 0 Å². The molecule has 0 saturated heterocycles. The minimum Gasteiger partial charge on any atom is -0.333 e. The molecule has 26 heavy (non-hydrogen) atoms. The monoisotopic (exact) mass is 370 g/mol. The van der Waals surface area contributed by atoms with Gasteiger partial charge in [-0.25, -0.2) is 0 Å². The number of nitrogens with two attached hydrogens (primary N) is 1. The molecule has 0 aliphatic heterocycles. The predicted molar refractivity (Wildman–Crippen MR) is 104 cm³/mol. The molecule has 1 amide bonds. The molecule has 6 nitrogen and oxygen atoms in total. The number of nitrogens with one attached hydrogen (secondary N) is 1. The SMILES string of the molecule is Cc1cc(NC(=O)C(C)(C)C)sc1-c1nc(-c2ccc(CN)cc2)no1. The molecule has 0 spiro atoms. The Labute approximate surface area is 156 Å². The zero-order valence-corrected chi connectivity index (χ0v) is 16.1. The topological polar surface area (TPSA) is 94.0 Å². The number of carbonyl (C=O) groups excluding carboxylic acids is 1. The smallest absolute Gasteiger partial charge is 0.268 e. The Morgan fingerprint density at radius 2 is 1.96 bits per heavy atom. The van der Waals surface area contributed by atoms with Crippen molar-refractivity contribution in [2.24, 2.45) is 11.1 Å². The van der Waals surface area contributed by atoms with Gasteiger partial charge in [0.2, 0.25) is 11.7 Å². The zero-order chi connectivity index (χ0) is 18.9. The van der Waals surface area contributed by atoms with Crippen molar-refractivity contribution >= 4 is 22.2 Å². The van der Waals surface area contributed by atoms with Gasteiger partial charge in [-0.1, -0.05) is 50.2 Å². The molecular weight excluding hydrogens is 348 g/mol. The van der Waals surface area contributed by atoms with Crippen molar-refractivity contribution < 1.29 is 9.32 Å². The maximum Gasteiger partial charge on any atom is 0.268 e. The van der Waals surface area contributed by atoms with Crippen LogP contribution in [0.15, 0.2) is 34.9 Å². The lowest BCUT2D eigenvalue weighted by molar-refractivity contribution is -0.123. The zero-order valence-electron chi connectivity index (χ0n) is 15.3. The number of nitrogens with zero attached hydrogens (tertiary/aromatic N) is 2. The van der Waals surface area contributed by atoms with Crippen LogP contribution in [0.25, 0.3) is 22.2 Å². The Kier molecular flexibility index (Phi) is 4.93. The van der Waals surface area contributed by atoms with E-state index in [1.807, 2.05) is 58.0 Å². The first-order chi connectivity index (χ1) is 12.3. The highest BCUT2D eigenvalue weighted by atomic mass is 32.1. The maximum atomic E-state index is 12.2. The fourth-order valence-corrected chi connectivity index (χ4v) is 3.27. The minimum atomic E-state index is -0.453. The lowest BCUT2D eigenvalue weighted by Gasteiger charge is -2.16. The van der Waals surface area contributed by atoms with E-state index in [0.29, 0.717) is 18.3 Å². The summed E-state index contributed by atoms with van der Waals surface area (Å²) < 4.78 is 5.44. The normalized spacial score (nSPS) is 11.6. The molecule has 0 unspecified atom stereocenters. The van der Waals surface area contributed by atoms with E-state index in [2.05, 4.69) is 15.5 Å². The molecule has 136 valence electrons. The molecule has 0 aliphatic rings. The van der Waals surface area contributed by atoms with E-state index in [4.69, 9.17) is 10.3 Å². The van der Waals surface area contributed by atoms with Crippen molar-refractivity contribution in [2.45, 2.75) is 34.2 Å². The molecule has 0 fully saturated rings. The highest BCUT2D eigenvalue weighted by Gasteiger charge is 2.23. The summed E-state index contributed by atoms with van der Waals surface area (Å²) in [5.74, 6) is 0.940. The number of hydrogen-bond acceptors (Lipinski definition) is 6. The van der Waals surface area contributed by atoms with E-state index >= 15 is 0 Å². The second-order valence-electron chi connectivity index (χ2n) is 7.15. The molecule has 7 heteroatoms. The second-order valence-corrected chi connectivity index (χ2v) is 8.20. The van der Waals surface area contributed by atoms with E-state index in [9.17, 15) is 4.79 Å². The van der Waals surface area contributed by atoms with Gasteiger partial charge in [-0.3, -0.25) is 4.79 Å². The standard InChI is InChI=1S/C19H22N4O2S/c1-11-9-14(21-18(24)19(2,3)4)26-15(11)17-22-16(23-25-17)13-7-5-12(10-20)6-8-13/h5-9H,10,20H2,1-4H3,(H,21,24). The van der Waals surface area contributed by atoms with E-state index in [-0.39, 0.29) is 5.91 Å². The number of carbonyl (C=O) groups is 1. The average molecular weight is 370 g/mol. The largest absolute Gasteiger partial charge is 0.333 e. The Morgan fingerprint density at radius 1 is 1.27 bits per heavy atom. The van der Waals surface area contributed by atoms with Crippen LogP contribution in [0, 0.1) is 12.3 Å². The number of benzene rings is 1. The summed E-state index contributed by atoms with van der Waals surface area (Å²) >= 11 is 1.43. The van der Waals surface area contributed by atoms with Gasteiger partial charge in [-0.15, -0.1) is 11.3 Å². The molecule has 3 aromatic rings. The van der Waals surface area contributed by atoms with Gasteiger partial charge < -0.3 is 15.6 Å². The molecule has 0 aliphatic carbocycles. The van der Waals surface area contributed by atoms with Gasteiger partial charge in [-0.2, -0.15) is 4.98 Å². The predicted octanol–water partition coefficient (Wildman–Crippen LogP) is 4.22. The van der Waals surface area contributed by atoms with Gasteiger partial charge in [-0.05, 0) is 24.1 Å². The van der Waals surface area contributed by atoms with E-state index in [0.717, 1.165) is 26.6 Å². The number of amides is 1. The summed E-state index contributed by atoms with van der Waals surface area (Å²) in [5.41, 5.74) is 8.06. The first kappa shape index (κ1) is 18.3. The fourth-order valence-electron chi connectivity index (χ4n) is 2.28. The molecule has 0 saturated carbocycles. The van der Waals surface area contributed by atoms with Crippen LogP contribution in [0.1, 0.15) is 31.9 Å². The van der Waals surface area contributed by atoms with Crippen LogP contribution in [-0.2, 0) is 11.3 Å².